The summed E-state index contributed by atoms with van der Waals surface area (Å²) in [4.78, 5) is 4.49. The Morgan fingerprint density at radius 3 is 2.77 bits per heavy atom. The van der Waals surface area contributed by atoms with Crippen LogP contribution >= 0.6 is 24.0 Å². The summed E-state index contributed by atoms with van der Waals surface area (Å²) in [5, 5.41) is 6.52. The lowest BCUT2D eigenvalue weighted by molar-refractivity contribution is 0.130. The van der Waals surface area contributed by atoms with Gasteiger partial charge in [-0.15, -0.1) is 24.0 Å². The standard InChI is InChI=1S/C16H29N3O2.HI/c1-4-17-16(18-9-7-15-6-5-11-21-15)19-10-13-20-12-8-14(2)3;/h5-6,11,14H,4,7-10,12-13H2,1-3H3,(H2,17,18,19);1H. The van der Waals surface area contributed by atoms with Crippen LogP contribution in [0, 0.1) is 5.92 Å². The molecule has 0 fully saturated rings. The van der Waals surface area contributed by atoms with E-state index in [1.54, 1.807) is 6.26 Å². The quantitative estimate of drug-likeness (QED) is 0.263. The highest BCUT2D eigenvalue weighted by Crippen LogP contribution is 1.99. The second-order valence-corrected chi connectivity index (χ2v) is 5.31. The number of guanidine groups is 1. The van der Waals surface area contributed by atoms with Crippen molar-refractivity contribution in [1.82, 2.24) is 10.6 Å². The number of aliphatic imine (C=N–C) groups is 1. The molecule has 128 valence electrons. The molecule has 0 saturated heterocycles. The van der Waals surface area contributed by atoms with Gasteiger partial charge in [0.15, 0.2) is 5.96 Å². The van der Waals surface area contributed by atoms with Gasteiger partial charge in [0, 0.05) is 26.1 Å². The minimum absolute atomic E-state index is 0. The smallest absolute Gasteiger partial charge is 0.191 e. The normalized spacial score (nSPS) is 11.4. The van der Waals surface area contributed by atoms with Gasteiger partial charge in [-0.25, -0.2) is 0 Å². The molecule has 1 aromatic rings. The Bertz CT molecular complexity index is 381. The van der Waals surface area contributed by atoms with E-state index in [1.807, 2.05) is 12.1 Å². The van der Waals surface area contributed by atoms with E-state index in [1.165, 1.54) is 0 Å². The van der Waals surface area contributed by atoms with Gasteiger partial charge in [-0.1, -0.05) is 13.8 Å². The van der Waals surface area contributed by atoms with Crippen LogP contribution in [-0.2, 0) is 11.2 Å². The molecule has 2 N–H and O–H groups in total. The van der Waals surface area contributed by atoms with Crippen molar-refractivity contribution < 1.29 is 9.15 Å². The van der Waals surface area contributed by atoms with Gasteiger partial charge in [-0.05, 0) is 31.4 Å². The predicted molar refractivity (Wildman–Crippen MR) is 102 cm³/mol. The van der Waals surface area contributed by atoms with E-state index in [9.17, 15) is 0 Å². The largest absolute Gasteiger partial charge is 0.469 e. The Balaban J connectivity index is 0.00000441. The van der Waals surface area contributed by atoms with Crippen LogP contribution in [0.25, 0.3) is 0 Å². The lowest BCUT2D eigenvalue weighted by Crippen LogP contribution is -2.38. The van der Waals surface area contributed by atoms with Crippen molar-refractivity contribution in [2.75, 3.05) is 32.8 Å². The topological polar surface area (TPSA) is 58.8 Å². The minimum atomic E-state index is 0. The van der Waals surface area contributed by atoms with Crippen LogP contribution in [0.5, 0.6) is 0 Å². The summed E-state index contributed by atoms with van der Waals surface area (Å²) in [7, 11) is 0. The van der Waals surface area contributed by atoms with Crippen molar-refractivity contribution in [1.29, 1.82) is 0 Å². The van der Waals surface area contributed by atoms with Crippen LogP contribution in [0.2, 0.25) is 0 Å². The summed E-state index contributed by atoms with van der Waals surface area (Å²) in [5.41, 5.74) is 0. The Kier molecular flexibility index (Phi) is 13.4. The van der Waals surface area contributed by atoms with Crippen LogP contribution in [0.15, 0.2) is 27.8 Å². The maximum Gasteiger partial charge on any atom is 0.191 e. The van der Waals surface area contributed by atoms with Gasteiger partial charge in [0.2, 0.25) is 0 Å². The molecule has 1 heterocycles. The third-order valence-corrected chi connectivity index (χ3v) is 2.93. The average Bonchev–Trinajstić information content (AvgIpc) is 2.95. The van der Waals surface area contributed by atoms with Crippen molar-refractivity contribution in [3.8, 4) is 0 Å². The van der Waals surface area contributed by atoms with Crippen LogP contribution in [0.3, 0.4) is 0 Å². The van der Waals surface area contributed by atoms with Gasteiger partial charge >= 0.3 is 0 Å². The molecule has 0 bridgehead atoms. The summed E-state index contributed by atoms with van der Waals surface area (Å²) in [5.74, 6) is 2.50. The molecule has 0 aliphatic heterocycles. The van der Waals surface area contributed by atoms with E-state index < -0.39 is 0 Å². The lowest BCUT2D eigenvalue weighted by atomic mass is 10.1. The Hall–Kier alpha value is -0.760. The van der Waals surface area contributed by atoms with Crippen LogP contribution in [-0.4, -0.2) is 38.8 Å². The zero-order valence-corrected chi connectivity index (χ0v) is 16.3. The molecule has 0 saturated carbocycles. The number of hydrogen-bond acceptors (Lipinski definition) is 3. The van der Waals surface area contributed by atoms with Crippen molar-refractivity contribution in [3.63, 3.8) is 0 Å². The molecule has 0 atom stereocenters. The van der Waals surface area contributed by atoms with E-state index in [-0.39, 0.29) is 24.0 Å². The molecule has 0 aromatic carbocycles. The second kappa shape index (κ2) is 13.9. The molecule has 1 rings (SSSR count). The highest BCUT2D eigenvalue weighted by Gasteiger charge is 1.99. The molecule has 0 spiro atoms. The number of halogens is 1. The molecule has 0 aliphatic carbocycles. The molecule has 0 radical (unpaired) electrons. The van der Waals surface area contributed by atoms with Crippen LogP contribution < -0.4 is 10.6 Å². The average molecular weight is 423 g/mol. The lowest BCUT2D eigenvalue weighted by Gasteiger charge is -2.11. The van der Waals surface area contributed by atoms with Crippen LogP contribution in [0.1, 0.15) is 33.0 Å². The maximum atomic E-state index is 5.56. The monoisotopic (exact) mass is 423 g/mol. The Labute approximate surface area is 151 Å². The maximum absolute atomic E-state index is 5.56. The molecule has 0 amide bonds. The van der Waals surface area contributed by atoms with E-state index in [2.05, 4.69) is 36.4 Å². The summed E-state index contributed by atoms with van der Waals surface area (Å²) < 4.78 is 10.9. The van der Waals surface area contributed by atoms with Crippen molar-refractivity contribution in [2.45, 2.75) is 33.6 Å². The molecule has 1 aromatic heterocycles. The van der Waals surface area contributed by atoms with Gasteiger partial charge < -0.3 is 19.8 Å². The summed E-state index contributed by atoms with van der Waals surface area (Å²) >= 11 is 0. The molecular formula is C16H30IN3O2. The van der Waals surface area contributed by atoms with Crippen molar-refractivity contribution in [3.05, 3.63) is 24.2 Å². The molecule has 0 aliphatic rings. The first kappa shape index (κ1) is 21.2. The number of hydrogen-bond donors (Lipinski definition) is 2. The summed E-state index contributed by atoms with van der Waals surface area (Å²) in [6, 6.07) is 3.89. The zero-order valence-electron chi connectivity index (χ0n) is 13.9. The first-order chi connectivity index (χ1) is 10.2. The second-order valence-electron chi connectivity index (χ2n) is 5.31. The van der Waals surface area contributed by atoms with Crippen molar-refractivity contribution >= 4 is 29.9 Å². The fourth-order valence-electron chi connectivity index (χ4n) is 1.74. The number of nitrogens with zero attached hydrogens (tertiary/aromatic N) is 1. The number of ether oxygens (including phenoxy) is 1. The molecule has 6 heteroatoms. The van der Waals surface area contributed by atoms with Gasteiger partial charge in [0.05, 0.1) is 19.4 Å². The summed E-state index contributed by atoms with van der Waals surface area (Å²) in [6.45, 7) is 10.3. The molecule has 0 unspecified atom stereocenters. The first-order valence-corrected chi connectivity index (χ1v) is 7.84. The minimum Gasteiger partial charge on any atom is -0.469 e. The predicted octanol–water partition coefficient (Wildman–Crippen LogP) is 3.06. The van der Waals surface area contributed by atoms with Gasteiger partial charge in [-0.3, -0.25) is 4.99 Å². The van der Waals surface area contributed by atoms with Gasteiger partial charge in [0.25, 0.3) is 0 Å². The molecule has 5 nitrogen and oxygen atoms in total. The van der Waals surface area contributed by atoms with E-state index >= 15 is 0 Å². The highest BCUT2D eigenvalue weighted by molar-refractivity contribution is 14.0. The molecular weight excluding hydrogens is 393 g/mol. The first-order valence-electron chi connectivity index (χ1n) is 7.84. The SMILES string of the molecule is CCNC(=NCCOCCC(C)C)NCCc1ccco1.I. The Morgan fingerprint density at radius 1 is 1.32 bits per heavy atom. The van der Waals surface area contributed by atoms with Gasteiger partial charge in [0.1, 0.15) is 5.76 Å². The number of rotatable bonds is 10. The van der Waals surface area contributed by atoms with E-state index in [0.29, 0.717) is 19.1 Å². The number of nitrogens with one attached hydrogen (secondary N) is 2. The third-order valence-electron chi connectivity index (χ3n) is 2.93. The Morgan fingerprint density at radius 2 is 2.14 bits per heavy atom. The zero-order chi connectivity index (χ0) is 15.3. The van der Waals surface area contributed by atoms with Gasteiger partial charge in [-0.2, -0.15) is 0 Å². The fraction of sp³-hybridized carbons (Fsp3) is 0.688. The van der Waals surface area contributed by atoms with Crippen LogP contribution in [0.4, 0.5) is 0 Å². The number of furan rings is 1. The van der Waals surface area contributed by atoms with E-state index in [4.69, 9.17) is 9.15 Å². The fourth-order valence-corrected chi connectivity index (χ4v) is 1.74. The highest BCUT2D eigenvalue weighted by atomic mass is 127. The van der Waals surface area contributed by atoms with E-state index in [0.717, 1.165) is 44.3 Å². The summed E-state index contributed by atoms with van der Waals surface area (Å²) in [6.07, 6.45) is 3.65. The third kappa shape index (κ3) is 10.9. The molecule has 22 heavy (non-hydrogen) atoms. The van der Waals surface area contributed by atoms with Crippen molar-refractivity contribution in [2.24, 2.45) is 10.9 Å².